The Bertz CT molecular complexity index is 383. The fourth-order valence-corrected chi connectivity index (χ4v) is 4.39. The van der Waals surface area contributed by atoms with Crippen molar-refractivity contribution < 1.29 is 4.74 Å². The largest absolute Gasteiger partial charge is 0.375 e. The molecule has 1 N–H and O–H groups in total. The van der Waals surface area contributed by atoms with E-state index in [1.807, 2.05) is 0 Å². The van der Waals surface area contributed by atoms with Crippen LogP contribution in [0.1, 0.15) is 31.2 Å². The van der Waals surface area contributed by atoms with Crippen molar-refractivity contribution in [2.75, 3.05) is 18.1 Å². The van der Waals surface area contributed by atoms with Crippen molar-refractivity contribution in [1.82, 2.24) is 5.32 Å². The van der Waals surface area contributed by atoms with Gasteiger partial charge in [-0.1, -0.05) is 30.3 Å². The van der Waals surface area contributed by atoms with Gasteiger partial charge in [-0.25, -0.2) is 0 Å². The highest BCUT2D eigenvalue weighted by atomic mass is 32.2. The molecule has 2 fully saturated rings. The van der Waals surface area contributed by atoms with Crippen LogP contribution >= 0.6 is 11.8 Å². The number of rotatable bonds is 3. The molecule has 0 radical (unpaired) electrons. The molecule has 3 rings (SSSR count). The molecule has 0 saturated carbocycles. The van der Waals surface area contributed by atoms with Gasteiger partial charge in [0.15, 0.2) is 0 Å². The van der Waals surface area contributed by atoms with Crippen molar-refractivity contribution in [3.05, 3.63) is 35.9 Å². The zero-order chi connectivity index (χ0) is 13.0. The second-order valence-electron chi connectivity index (χ2n) is 5.70. The molecule has 0 bridgehead atoms. The van der Waals surface area contributed by atoms with Gasteiger partial charge in [-0.2, -0.15) is 11.8 Å². The van der Waals surface area contributed by atoms with E-state index in [1.54, 1.807) is 0 Å². The number of hydrogen-bond donors (Lipinski definition) is 1. The van der Waals surface area contributed by atoms with Crippen LogP contribution in [0.25, 0.3) is 0 Å². The van der Waals surface area contributed by atoms with E-state index < -0.39 is 0 Å². The van der Waals surface area contributed by atoms with E-state index in [4.69, 9.17) is 4.74 Å². The van der Waals surface area contributed by atoms with Crippen LogP contribution in [0.5, 0.6) is 0 Å². The Morgan fingerprint density at radius 2 is 2.00 bits per heavy atom. The first-order chi connectivity index (χ1) is 9.36. The third-order valence-electron chi connectivity index (χ3n) is 4.33. The lowest BCUT2D eigenvalue weighted by molar-refractivity contribution is -0.0933. The molecule has 0 aliphatic carbocycles. The van der Waals surface area contributed by atoms with Crippen LogP contribution in [0.4, 0.5) is 0 Å². The van der Waals surface area contributed by atoms with Crippen LogP contribution in [-0.4, -0.2) is 29.8 Å². The molecule has 104 valence electrons. The van der Waals surface area contributed by atoms with Gasteiger partial charge in [0, 0.05) is 19.2 Å². The highest BCUT2D eigenvalue weighted by Crippen LogP contribution is 2.37. The van der Waals surface area contributed by atoms with Gasteiger partial charge in [0.1, 0.15) is 0 Å². The Hall–Kier alpha value is -0.510. The first kappa shape index (κ1) is 13.5. The summed E-state index contributed by atoms with van der Waals surface area (Å²) < 4.78 is 6.14. The average molecular weight is 277 g/mol. The van der Waals surface area contributed by atoms with Gasteiger partial charge in [-0.05, 0) is 42.8 Å². The second kappa shape index (κ2) is 6.29. The van der Waals surface area contributed by atoms with E-state index in [1.165, 1.54) is 36.3 Å². The summed E-state index contributed by atoms with van der Waals surface area (Å²) in [6, 6.07) is 11.3. The van der Waals surface area contributed by atoms with Gasteiger partial charge in [0.05, 0.1) is 5.60 Å². The van der Waals surface area contributed by atoms with Crippen molar-refractivity contribution in [3.63, 3.8) is 0 Å². The smallest absolute Gasteiger partial charge is 0.0713 e. The number of hydrogen-bond acceptors (Lipinski definition) is 3. The molecule has 19 heavy (non-hydrogen) atoms. The molecule has 1 unspecified atom stereocenters. The highest BCUT2D eigenvalue weighted by Gasteiger charge is 2.38. The minimum atomic E-state index is 0.192. The molecule has 0 aromatic heterocycles. The van der Waals surface area contributed by atoms with Gasteiger partial charge < -0.3 is 10.1 Å². The lowest BCUT2D eigenvalue weighted by Gasteiger charge is -2.43. The second-order valence-corrected chi connectivity index (χ2v) is 6.92. The van der Waals surface area contributed by atoms with Gasteiger partial charge >= 0.3 is 0 Å². The molecule has 2 aliphatic heterocycles. The molecular formula is C16H23NOS. The van der Waals surface area contributed by atoms with E-state index in [9.17, 15) is 0 Å². The molecule has 1 aromatic rings. The monoisotopic (exact) mass is 277 g/mol. The Balaban J connectivity index is 1.53. The maximum Gasteiger partial charge on any atom is 0.0713 e. The summed E-state index contributed by atoms with van der Waals surface area (Å²) in [6.07, 6.45) is 4.82. The summed E-state index contributed by atoms with van der Waals surface area (Å²) >= 11 is 2.07. The fraction of sp³-hybridized carbons (Fsp3) is 0.625. The first-order valence-corrected chi connectivity index (χ1v) is 8.51. The van der Waals surface area contributed by atoms with Crippen LogP contribution in [0.2, 0.25) is 0 Å². The average Bonchev–Trinajstić information content (AvgIpc) is 2.47. The third-order valence-corrected chi connectivity index (χ3v) is 5.32. The molecule has 1 spiro atoms. The topological polar surface area (TPSA) is 21.3 Å². The highest BCUT2D eigenvalue weighted by molar-refractivity contribution is 7.99. The molecule has 2 aliphatic rings. The van der Waals surface area contributed by atoms with E-state index in [2.05, 4.69) is 47.4 Å². The van der Waals surface area contributed by atoms with Crippen molar-refractivity contribution in [3.8, 4) is 0 Å². The summed E-state index contributed by atoms with van der Waals surface area (Å²) in [5, 5.41) is 3.72. The summed E-state index contributed by atoms with van der Waals surface area (Å²) in [6.45, 7) is 1.91. The van der Waals surface area contributed by atoms with E-state index >= 15 is 0 Å². The third kappa shape index (κ3) is 3.53. The van der Waals surface area contributed by atoms with Crippen LogP contribution in [0, 0.1) is 0 Å². The SMILES string of the molecule is c1ccc(CNC2CCOC3(CCSCC3)C2)cc1. The summed E-state index contributed by atoms with van der Waals surface area (Å²) in [4.78, 5) is 0. The number of benzene rings is 1. The molecule has 1 aromatic carbocycles. The van der Waals surface area contributed by atoms with Crippen molar-refractivity contribution in [2.45, 2.75) is 43.9 Å². The molecule has 2 saturated heterocycles. The molecule has 0 amide bonds. The van der Waals surface area contributed by atoms with Crippen LogP contribution in [0.3, 0.4) is 0 Å². The summed E-state index contributed by atoms with van der Waals surface area (Å²) in [5.74, 6) is 2.54. The van der Waals surface area contributed by atoms with Gasteiger partial charge in [-0.3, -0.25) is 0 Å². The van der Waals surface area contributed by atoms with Gasteiger partial charge in [0.2, 0.25) is 0 Å². The maximum absolute atomic E-state index is 6.14. The maximum atomic E-state index is 6.14. The Morgan fingerprint density at radius 3 is 2.79 bits per heavy atom. The van der Waals surface area contributed by atoms with Crippen LogP contribution in [-0.2, 0) is 11.3 Å². The van der Waals surface area contributed by atoms with Crippen LogP contribution in [0.15, 0.2) is 30.3 Å². The normalized spacial score (nSPS) is 26.4. The zero-order valence-corrected chi connectivity index (χ0v) is 12.3. The molecule has 1 atom stereocenters. The minimum absolute atomic E-state index is 0.192. The number of ether oxygens (including phenoxy) is 1. The molecule has 3 heteroatoms. The van der Waals surface area contributed by atoms with E-state index in [0.717, 1.165) is 19.6 Å². The Morgan fingerprint density at radius 1 is 1.21 bits per heavy atom. The summed E-state index contributed by atoms with van der Waals surface area (Å²) in [5.41, 5.74) is 1.57. The number of nitrogens with one attached hydrogen (secondary N) is 1. The molecular weight excluding hydrogens is 254 g/mol. The minimum Gasteiger partial charge on any atom is -0.375 e. The predicted octanol–water partition coefficient (Wildman–Crippen LogP) is 3.22. The molecule has 2 nitrogen and oxygen atoms in total. The van der Waals surface area contributed by atoms with Crippen molar-refractivity contribution in [2.24, 2.45) is 0 Å². The Kier molecular flexibility index (Phi) is 4.46. The first-order valence-electron chi connectivity index (χ1n) is 7.35. The fourth-order valence-electron chi connectivity index (χ4n) is 3.15. The van der Waals surface area contributed by atoms with Crippen molar-refractivity contribution >= 4 is 11.8 Å². The standard InChI is InChI=1S/C16H23NOS/c1-2-4-14(5-3-1)13-17-15-6-9-18-16(12-15)7-10-19-11-8-16/h1-5,15,17H,6-13H2. The van der Waals surface area contributed by atoms with Gasteiger partial charge in [-0.15, -0.1) is 0 Å². The zero-order valence-electron chi connectivity index (χ0n) is 11.4. The van der Waals surface area contributed by atoms with E-state index in [0.29, 0.717) is 6.04 Å². The summed E-state index contributed by atoms with van der Waals surface area (Å²) in [7, 11) is 0. The van der Waals surface area contributed by atoms with Crippen molar-refractivity contribution in [1.29, 1.82) is 0 Å². The number of thioether (sulfide) groups is 1. The lowest BCUT2D eigenvalue weighted by Crippen LogP contribution is -2.48. The lowest BCUT2D eigenvalue weighted by atomic mass is 9.85. The van der Waals surface area contributed by atoms with E-state index in [-0.39, 0.29) is 5.60 Å². The van der Waals surface area contributed by atoms with Crippen LogP contribution < -0.4 is 5.32 Å². The molecule has 2 heterocycles. The Labute approximate surface area is 120 Å². The quantitative estimate of drug-likeness (QED) is 0.916. The van der Waals surface area contributed by atoms with Gasteiger partial charge in [0.25, 0.3) is 0 Å². The predicted molar refractivity (Wildman–Crippen MR) is 81.5 cm³/mol.